The number of hydrogen-bond donors (Lipinski definition) is 2. The molecular formula is C19H13BrN4O. The first kappa shape index (κ1) is 16.7. The molecule has 2 N–H and O–H groups in total. The van der Waals surface area contributed by atoms with E-state index in [2.05, 4.69) is 31.5 Å². The highest BCUT2D eigenvalue weighted by atomic mass is 79.9. The Balaban J connectivity index is 1.77. The third-order valence-corrected chi connectivity index (χ3v) is 4.09. The third kappa shape index (κ3) is 4.22. The summed E-state index contributed by atoms with van der Waals surface area (Å²) < 4.78 is 0.915. The Morgan fingerprint density at radius 2 is 1.88 bits per heavy atom. The van der Waals surface area contributed by atoms with Crippen LogP contribution in [0.5, 0.6) is 0 Å². The summed E-state index contributed by atoms with van der Waals surface area (Å²) in [6.07, 6.45) is 3.14. The minimum atomic E-state index is -0.293. The molecule has 0 fully saturated rings. The Morgan fingerprint density at radius 3 is 2.68 bits per heavy atom. The first-order valence-electron chi connectivity index (χ1n) is 7.44. The molecule has 3 aromatic rings. The van der Waals surface area contributed by atoms with Crippen molar-refractivity contribution in [1.29, 1.82) is 5.26 Å². The van der Waals surface area contributed by atoms with Crippen LogP contribution in [0.15, 0.2) is 71.5 Å². The fraction of sp³-hybridized carbons (Fsp3) is 0. The second-order valence-corrected chi connectivity index (χ2v) is 6.07. The molecule has 1 aromatic heterocycles. The lowest BCUT2D eigenvalue weighted by molar-refractivity contribution is 0.102. The van der Waals surface area contributed by atoms with E-state index in [-0.39, 0.29) is 5.91 Å². The number of carbonyl (C=O) groups is 1. The molecule has 1 heterocycles. The van der Waals surface area contributed by atoms with Crippen molar-refractivity contribution in [2.45, 2.75) is 0 Å². The zero-order chi connectivity index (χ0) is 17.6. The van der Waals surface area contributed by atoms with Gasteiger partial charge in [-0.25, -0.2) is 0 Å². The van der Waals surface area contributed by atoms with E-state index >= 15 is 0 Å². The zero-order valence-corrected chi connectivity index (χ0v) is 14.6. The largest absolute Gasteiger partial charge is 0.353 e. The molecule has 0 radical (unpaired) electrons. The maximum atomic E-state index is 12.4. The van der Waals surface area contributed by atoms with Crippen LogP contribution in [0.2, 0.25) is 0 Å². The molecule has 5 nitrogen and oxygen atoms in total. The quantitative estimate of drug-likeness (QED) is 0.673. The van der Waals surface area contributed by atoms with Crippen molar-refractivity contribution in [1.82, 2.24) is 4.98 Å². The number of benzene rings is 2. The molecule has 2 aromatic carbocycles. The van der Waals surface area contributed by atoms with Gasteiger partial charge in [0.25, 0.3) is 5.91 Å². The highest BCUT2D eigenvalue weighted by Gasteiger charge is 2.09. The van der Waals surface area contributed by atoms with Crippen molar-refractivity contribution in [3.8, 4) is 6.07 Å². The summed E-state index contributed by atoms with van der Waals surface area (Å²) >= 11 is 3.47. The maximum absolute atomic E-state index is 12.4. The van der Waals surface area contributed by atoms with E-state index in [1.807, 2.05) is 30.3 Å². The monoisotopic (exact) mass is 392 g/mol. The normalized spacial score (nSPS) is 9.92. The van der Waals surface area contributed by atoms with Crippen molar-refractivity contribution < 1.29 is 4.79 Å². The van der Waals surface area contributed by atoms with E-state index in [0.29, 0.717) is 22.5 Å². The van der Waals surface area contributed by atoms with Gasteiger partial charge in [0.2, 0.25) is 0 Å². The van der Waals surface area contributed by atoms with Gasteiger partial charge in [0.1, 0.15) is 0 Å². The second-order valence-electron chi connectivity index (χ2n) is 5.21. The molecule has 122 valence electrons. The standard InChI is InChI=1S/C19H13BrN4O/c20-17-6-1-2-7-18(17)23-16-9-14(11-22-12-16)19(25)24-15-5-3-4-13(8-15)10-21/h1-9,11-12,23H,(H,24,25). The zero-order valence-electron chi connectivity index (χ0n) is 13.0. The first-order valence-corrected chi connectivity index (χ1v) is 8.23. The summed E-state index contributed by atoms with van der Waals surface area (Å²) in [4.78, 5) is 16.5. The molecule has 0 aliphatic rings. The Hall–Kier alpha value is -3.17. The number of nitriles is 1. The number of pyridine rings is 1. The molecule has 0 bridgehead atoms. The molecule has 0 aliphatic heterocycles. The lowest BCUT2D eigenvalue weighted by atomic mass is 10.2. The topological polar surface area (TPSA) is 77.8 Å². The summed E-state index contributed by atoms with van der Waals surface area (Å²) in [5.74, 6) is -0.293. The molecular weight excluding hydrogens is 380 g/mol. The number of para-hydroxylation sites is 1. The van der Waals surface area contributed by atoms with Gasteiger partial charge in [-0.05, 0) is 52.3 Å². The van der Waals surface area contributed by atoms with Crippen molar-refractivity contribution in [2.75, 3.05) is 10.6 Å². The average Bonchev–Trinajstić information content (AvgIpc) is 2.64. The van der Waals surface area contributed by atoms with Gasteiger partial charge in [0.05, 0.1) is 34.8 Å². The van der Waals surface area contributed by atoms with Crippen LogP contribution in [0, 0.1) is 11.3 Å². The third-order valence-electron chi connectivity index (χ3n) is 3.40. The summed E-state index contributed by atoms with van der Waals surface area (Å²) in [5.41, 5.74) is 3.04. The molecule has 0 saturated heterocycles. The molecule has 0 spiro atoms. The Morgan fingerprint density at radius 1 is 1.04 bits per heavy atom. The molecule has 3 rings (SSSR count). The van der Waals surface area contributed by atoms with Gasteiger partial charge in [-0.1, -0.05) is 18.2 Å². The fourth-order valence-electron chi connectivity index (χ4n) is 2.22. The Kier molecular flexibility index (Phi) is 5.07. The van der Waals surface area contributed by atoms with Crippen molar-refractivity contribution in [2.24, 2.45) is 0 Å². The molecule has 0 saturated carbocycles. The van der Waals surface area contributed by atoms with Crippen molar-refractivity contribution >= 4 is 38.9 Å². The van der Waals surface area contributed by atoms with Crippen LogP contribution in [0.3, 0.4) is 0 Å². The number of nitrogens with zero attached hydrogens (tertiary/aromatic N) is 2. The van der Waals surface area contributed by atoms with Gasteiger partial charge >= 0.3 is 0 Å². The van der Waals surface area contributed by atoms with Crippen LogP contribution in [-0.4, -0.2) is 10.9 Å². The van der Waals surface area contributed by atoms with Gasteiger partial charge in [-0.2, -0.15) is 5.26 Å². The van der Waals surface area contributed by atoms with Crippen LogP contribution in [0.4, 0.5) is 17.1 Å². The molecule has 0 unspecified atom stereocenters. The van der Waals surface area contributed by atoms with Gasteiger partial charge in [-0.15, -0.1) is 0 Å². The van der Waals surface area contributed by atoms with Crippen LogP contribution < -0.4 is 10.6 Å². The highest BCUT2D eigenvalue weighted by Crippen LogP contribution is 2.25. The number of halogens is 1. The van der Waals surface area contributed by atoms with E-state index in [1.54, 1.807) is 36.5 Å². The predicted octanol–water partition coefficient (Wildman–Crippen LogP) is 4.71. The number of hydrogen-bond acceptors (Lipinski definition) is 4. The van der Waals surface area contributed by atoms with Gasteiger partial charge in [-0.3, -0.25) is 9.78 Å². The summed E-state index contributed by atoms with van der Waals surface area (Å²) in [6, 6.07) is 18.2. The second kappa shape index (κ2) is 7.60. The van der Waals surface area contributed by atoms with Crippen LogP contribution >= 0.6 is 15.9 Å². The van der Waals surface area contributed by atoms with Gasteiger partial charge < -0.3 is 10.6 Å². The molecule has 25 heavy (non-hydrogen) atoms. The number of amides is 1. The number of aromatic nitrogens is 1. The van der Waals surface area contributed by atoms with Crippen molar-refractivity contribution in [3.05, 3.63) is 82.6 Å². The highest BCUT2D eigenvalue weighted by molar-refractivity contribution is 9.10. The minimum absolute atomic E-state index is 0.293. The van der Waals surface area contributed by atoms with Crippen LogP contribution in [-0.2, 0) is 0 Å². The molecule has 0 aliphatic carbocycles. The fourth-order valence-corrected chi connectivity index (χ4v) is 2.60. The summed E-state index contributed by atoms with van der Waals surface area (Å²) in [5, 5.41) is 14.9. The van der Waals surface area contributed by atoms with E-state index in [1.165, 1.54) is 6.20 Å². The van der Waals surface area contributed by atoms with Crippen LogP contribution in [0.25, 0.3) is 0 Å². The molecule has 6 heteroatoms. The lowest BCUT2D eigenvalue weighted by Crippen LogP contribution is -2.12. The van der Waals surface area contributed by atoms with E-state index in [0.717, 1.165) is 10.2 Å². The SMILES string of the molecule is N#Cc1cccc(NC(=O)c2cncc(Nc3ccccc3Br)c2)c1. The maximum Gasteiger partial charge on any atom is 0.257 e. The van der Waals surface area contributed by atoms with E-state index in [4.69, 9.17) is 5.26 Å². The van der Waals surface area contributed by atoms with E-state index in [9.17, 15) is 4.79 Å². The van der Waals surface area contributed by atoms with Crippen LogP contribution in [0.1, 0.15) is 15.9 Å². The average molecular weight is 393 g/mol. The van der Waals surface area contributed by atoms with Gasteiger partial charge in [0, 0.05) is 16.4 Å². The van der Waals surface area contributed by atoms with Crippen molar-refractivity contribution in [3.63, 3.8) is 0 Å². The number of carbonyl (C=O) groups excluding carboxylic acids is 1. The lowest BCUT2D eigenvalue weighted by Gasteiger charge is -2.10. The molecule has 1 amide bonds. The van der Waals surface area contributed by atoms with E-state index < -0.39 is 0 Å². The summed E-state index contributed by atoms with van der Waals surface area (Å²) in [7, 11) is 0. The minimum Gasteiger partial charge on any atom is -0.353 e. The molecule has 0 atom stereocenters. The number of anilines is 3. The summed E-state index contributed by atoms with van der Waals surface area (Å²) in [6.45, 7) is 0. The predicted molar refractivity (Wildman–Crippen MR) is 101 cm³/mol. The Labute approximate surface area is 153 Å². The Bertz CT molecular complexity index is 965. The smallest absolute Gasteiger partial charge is 0.257 e. The number of rotatable bonds is 4. The van der Waals surface area contributed by atoms with Gasteiger partial charge in [0.15, 0.2) is 0 Å². The first-order chi connectivity index (χ1) is 12.2. The number of nitrogens with one attached hydrogen (secondary N) is 2.